The van der Waals surface area contributed by atoms with Gasteiger partial charge in [0.25, 0.3) is 15.9 Å². The van der Waals surface area contributed by atoms with Crippen molar-refractivity contribution in [1.82, 2.24) is 15.2 Å². The first-order valence-corrected chi connectivity index (χ1v) is 9.02. The zero-order valence-electron chi connectivity index (χ0n) is 13.5. The molecule has 0 aliphatic heterocycles. The van der Waals surface area contributed by atoms with Gasteiger partial charge in [-0.3, -0.25) is 4.72 Å². The lowest BCUT2D eigenvalue weighted by Gasteiger charge is -2.10. The van der Waals surface area contributed by atoms with Gasteiger partial charge < -0.3 is 9.40 Å². The standard InChI is InChI=1S/C15H14ClFN4O3S/c1-7-13(15-20-19-9(3)24-15)14(8(2)18-7)25(22,23)21-10-4-5-12(17)11(16)6-10/h4-6,18,21H,1-3H3. The van der Waals surface area contributed by atoms with Gasteiger partial charge in [0, 0.05) is 18.3 Å². The molecule has 0 atom stereocenters. The molecular weight excluding hydrogens is 371 g/mol. The van der Waals surface area contributed by atoms with E-state index in [9.17, 15) is 12.8 Å². The summed E-state index contributed by atoms with van der Waals surface area (Å²) in [6, 6.07) is 3.56. The maximum atomic E-state index is 13.3. The van der Waals surface area contributed by atoms with Crippen LogP contribution in [0.1, 0.15) is 17.3 Å². The first-order valence-electron chi connectivity index (χ1n) is 7.16. The molecule has 0 fully saturated rings. The number of sulfonamides is 1. The number of nitrogens with zero attached hydrogens (tertiary/aromatic N) is 2. The fraction of sp³-hybridized carbons (Fsp3) is 0.200. The number of hydrogen-bond acceptors (Lipinski definition) is 5. The first-order chi connectivity index (χ1) is 11.7. The fourth-order valence-electron chi connectivity index (χ4n) is 2.52. The SMILES string of the molecule is Cc1nnc(-c2c(C)[nH]c(C)c2S(=O)(=O)Nc2ccc(F)c(Cl)c2)o1. The van der Waals surface area contributed by atoms with Gasteiger partial charge in [0.15, 0.2) is 0 Å². The molecule has 1 aromatic carbocycles. The van der Waals surface area contributed by atoms with Crippen LogP contribution in [0.25, 0.3) is 11.5 Å². The molecule has 0 amide bonds. The van der Waals surface area contributed by atoms with Crippen LogP contribution in [0.4, 0.5) is 10.1 Å². The minimum atomic E-state index is -4.01. The largest absolute Gasteiger partial charge is 0.421 e. The molecule has 132 valence electrons. The van der Waals surface area contributed by atoms with Gasteiger partial charge in [-0.15, -0.1) is 10.2 Å². The van der Waals surface area contributed by atoms with Gasteiger partial charge in [0.05, 0.1) is 16.3 Å². The Morgan fingerprint density at radius 1 is 1.20 bits per heavy atom. The van der Waals surface area contributed by atoms with Gasteiger partial charge in [-0.2, -0.15) is 0 Å². The molecule has 0 radical (unpaired) electrons. The maximum absolute atomic E-state index is 13.3. The van der Waals surface area contributed by atoms with Crippen molar-refractivity contribution in [2.75, 3.05) is 4.72 Å². The molecule has 2 aromatic heterocycles. The lowest BCUT2D eigenvalue weighted by Crippen LogP contribution is -2.14. The van der Waals surface area contributed by atoms with E-state index in [-0.39, 0.29) is 21.5 Å². The van der Waals surface area contributed by atoms with Crippen LogP contribution in [0.5, 0.6) is 0 Å². The van der Waals surface area contributed by atoms with Crippen LogP contribution in [-0.4, -0.2) is 23.6 Å². The lowest BCUT2D eigenvalue weighted by atomic mass is 10.2. The second-order valence-corrected chi connectivity index (χ2v) is 7.47. The molecule has 0 aliphatic carbocycles. The highest BCUT2D eigenvalue weighted by Gasteiger charge is 2.29. The van der Waals surface area contributed by atoms with Crippen LogP contribution in [-0.2, 0) is 10.0 Å². The number of H-pyrrole nitrogens is 1. The van der Waals surface area contributed by atoms with E-state index >= 15 is 0 Å². The summed E-state index contributed by atoms with van der Waals surface area (Å²) in [7, 11) is -4.01. The van der Waals surface area contributed by atoms with Crippen LogP contribution in [0, 0.1) is 26.6 Å². The number of anilines is 1. The van der Waals surface area contributed by atoms with Crippen LogP contribution in [0.15, 0.2) is 27.5 Å². The summed E-state index contributed by atoms with van der Waals surface area (Å²) in [4.78, 5) is 2.94. The van der Waals surface area contributed by atoms with E-state index in [1.165, 1.54) is 12.1 Å². The minimum absolute atomic E-state index is 0.0194. The maximum Gasteiger partial charge on any atom is 0.264 e. The van der Waals surface area contributed by atoms with Crippen LogP contribution in [0.3, 0.4) is 0 Å². The topological polar surface area (TPSA) is 101 Å². The van der Waals surface area contributed by atoms with E-state index in [4.69, 9.17) is 16.0 Å². The van der Waals surface area contributed by atoms with E-state index in [1.807, 2.05) is 0 Å². The number of nitrogens with one attached hydrogen (secondary N) is 2. The minimum Gasteiger partial charge on any atom is -0.421 e. The van der Waals surface area contributed by atoms with E-state index in [2.05, 4.69) is 19.9 Å². The molecule has 3 aromatic rings. The summed E-state index contributed by atoms with van der Waals surface area (Å²) < 4.78 is 46.8. The monoisotopic (exact) mass is 384 g/mol. The van der Waals surface area contributed by atoms with E-state index in [0.29, 0.717) is 22.8 Å². The number of aromatic nitrogens is 3. The number of hydrogen-bond donors (Lipinski definition) is 2. The summed E-state index contributed by atoms with van der Waals surface area (Å²) in [6.45, 7) is 4.93. The van der Waals surface area contributed by atoms with Gasteiger partial charge in [-0.25, -0.2) is 12.8 Å². The van der Waals surface area contributed by atoms with Crippen molar-refractivity contribution in [3.05, 3.63) is 46.3 Å². The molecule has 3 rings (SSSR count). The Labute approximate surface area is 148 Å². The van der Waals surface area contributed by atoms with Gasteiger partial charge in [0.2, 0.25) is 5.89 Å². The summed E-state index contributed by atoms with van der Waals surface area (Å²) in [5.74, 6) is -0.230. The Morgan fingerprint density at radius 3 is 2.52 bits per heavy atom. The molecule has 0 unspecified atom stereocenters. The quantitative estimate of drug-likeness (QED) is 0.715. The normalized spacial score (nSPS) is 11.7. The van der Waals surface area contributed by atoms with Gasteiger partial charge in [-0.1, -0.05) is 11.6 Å². The Balaban J connectivity index is 2.10. The third kappa shape index (κ3) is 3.24. The van der Waals surface area contributed by atoms with Crippen molar-refractivity contribution in [2.24, 2.45) is 0 Å². The van der Waals surface area contributed by atoms with Crippen molar-refractivity contribution < 1.29 is 17.2 Å². The summed E-state index contributed by atoms with van der Waals surface area (Å²) in [5, 5.41) is 7.45. The van der Waals surface area contributed by atoms with Gasteiger partial charge in [-0.05, 0) is 32.0 Å². The second kappa shape index (κ2) is 6.16. The predicted octanol–water partition coefficient (Wildman–Crippen LogP) is 3.58. The molecule has 0 spiro atoms. The van der Waals surface area contributed by atoms with Gasteiger partial charge in [0.1, 0.15) is 10.7 Å². The van der Waals surface area contributed by atoms with E-state index < -0.39 is 15.8 Å². The number of aromatic amines is 1. The number of aryl methyl sites for hydroxylation is 3. The number of benzene rings is 1. The molecule has 10 heteroatoms. The predicted molar refractivity (Wildman–Crippen MR) is 90.5 cm³/mol. The molecule has 0 bridgehead atoms. The highest BCUT2D eigenvalue weighted by Crippen LogP contribution is 2.34. The summed E-state index contributed by atoms with van der Waals surface area (Å²) in [6.07, 6.45) is 0. The van der Waals surface area contributed by atoms with E-state index in [0.717, 1.165) is 6.07 Å². The summed E-state index contributed by atoms with van der Waals surface area (Å²) in [5.41, 5.74) is 1.40. The Bertz CT molecular complexity index is 1060. The molecule has 0 saturated heterocycles. The molecule has 0 aliphatic rings. The number of rotatable bonds is 4. The summed E-state index contributed by atoms with van der Waals surface area (Å²) >= 11 is 5.70. The molecule has 7 nitrogen and oxygen atoms in total. The van der Waals surface area contributed by atoms with Crippen molar-refractivity contribution in [1.29, 1.82) is 0 Å². The van der Waals surface area contributed by atoms with Crippen molar-refractivity contribution in [3.8, 4) is 11.5 Å². The second-order valence-electron chi connectivity index (χ2n) is 5.44. The van der Waals surface area contributed by atoms with Crippen molar-refractivity contribution in [3.63, 3.8) is 0 Å². The molecule has 25 heavy (non-hydrogen) atoms. The average Bonchev–Trinajstić information content (AvgIpc) is 3.05. The smallest absolute Gasteiger partial charge is 0.264 e. The van der Waals surface area contributed by atoms with Crippen molar-refractivity contribution >= 4 is 27.3 Å². The van der Waals surface area contributed by atoms with Crippen LogP contribution in [0.2, 0.25) is 5.02 Å². The van der Waals surface area contributed by atoms with Crippen LogP contribution < -0.4 is 4.72 Å². The van der Waals surface area contributed by atoms with Gasteiger partial charge >= 0.3 is 0 Å². The molecular formula is C15H14ClFN4O3S. The Kier molecular flexibility index (Phi) is 4.29. The molecule has 0 saturated carbocycles. The first kappa shape index (κ1) is 17.4. The zero-order chi connectivity index (χ0) is 18.4. The molecule has 2 N–H and O–H groups in total. The highest BCUT2D eigenvalue weighted by molar-refractivity contribution is 7.93. The molecule has 2 heterocycles. The zero-order valence-corrected chi connectivity index (χ0v) is 15.1. The highest BCUT2D eigenvalue weighted by atomic mass is 35.5. The van der Waals surface area contributed by atoms with Crippen LogP contribution >= 0.6 is 11.6 Å². The third-order valence-electron chi connectivity index (χ3n) is 3.50. The van der Waals surface area contributed by atoms with Crippen molar-refractivity contribution in [2.45, 2.75) is 25.7 Å². The lowest BCUT2D eigenvalue weighted by molar-refractivity contribution is 0.531. The average molecular weight is 385 g/mol. The van der Waals surface area contributed by atoms with E-state index in [1.54, 1.807) is 20.8 Å². The Hall–Kier alpha value is -2.39. The fourth-order valence-corrected chi connectivity index (χ4v) is 4.20. The number of halogens is 2. The third-order valence-corrected chi connectivity index (χ3v) is 5.34. The Morgan fingerprint density at radius 2 is 1.92 bits per heavy atom.